The van der Waals surface area contributed by atoms with Gasteiger partial charge in [-0.15, -0.1) is 0 Å². The summed E-state index contributed by atoms with van der Waals surface area (Å²) >= 11 is 6.09. The number of nitrogens with one attached hydrogen (secondary N) is 1. The van der Waals surface area contributed by atoms with Crippen molar-refractivity contribution < 1.29 is 4.79 Å². The van der Waals surface area contributed by atoms with E-state index in [0.29, 0.717) is 34.9 Å². The second-order valence-electron chi connectivity index (χ2n) is 7.76. The molecule has 5 N–H and O–H groups in total. The highest BCUT2D eigenvalue weighted by Crippen LogP contribution is 2.24. The smallest absolute Gasteiger partial charge is 0.250 e. The number of hydrogen-bond donors (Lipinski definition) is 3. The number of carbonyl (C=O) groups excluding carboxylic acids is 1. The van der Waals surface area contributed by atoms with E-state index in [1.165, 1.54) is 6.20 Å². The van der Waals surface area contributed by atoms with E-state index in [1.807, 2.05) is 31.2 Å². The Kier molecular flexibility index (Phi) is 6.24. The number of pyridine rings is 3. The van der Waals surface area contributed by atoms with E-state index < -0.39 is 5.91 Å². The zero-order valence-corrected chi connectivity index (χ0v) is 18.9. The van der Waals surface area contributed by atoms with Crippen molar-refractivity contribution >= 4 is 39.9 Å². The predicted octanol–water partition coefficient (Wildman–Crippen LogP) is 4.02. The molecule has 0 aliphatic heterocycles. The molecule has 3 heterocycles. The molecule has 166 valence electrons. The number of amides is 1. The summed E-state index contributed by atoms with van der Waals surface area (Å²) in [7, 11) is 0. The van der Waals surface area contributed by atoms with Crippen LogP contribution in [0.3, 0.4) is 0 Å². The van der Waals surface area contributed by atoms with Crippen LogP contribution in [0.2, 0.25) is 5.02 Å². The molecule has 1 aromatic carbocycles. The molecule has 0 aliphatic carbocycles. The highest BCUT2D eigenvalue weighted by atomic mass is 35.5. The summed E-state index contributed by atoms with van der Waals surface area (Å²) in [6.45, 7) is 6.66. The van der Waals surface area contributed by atoms with Gasteiger partial charge in [-0.25, -0.2) is 4.98 Å². The Hall–Kier alpha value is -3.97. The van der Waals surface area contributed by atoms with E-state index in [2.05, 4.69) is 26.8 Å². The minimum atomic E-state index is -0.539. The first kappa shape index (κ1) is 22.2. The second-order valence-corrected chi connectivity index (χ2v) is 8.19. The summed E-state index contributed by atoms with van der Waals surface area (Å²) in [6, 6.07) is 13.1. The quantitative estimate of drug-likeness (QED) is 0.384. The van der Waals surface area contributed by atoms with Crippen LogP contribution >= 0.6 is 11.6 Å². The van der Waals surface area contributed by atoms with Crippen molar-refractivity contribution in [2.24, 2.45) is 5.73 Å². The van der Waals surface area contributed by atoms with Gasteiger partial charge in [0.25, 0.3) is 5.91 Å². The second kappa shape index (κ2) is 9.26. The maximum atomic E-state index is 12.0. The molecule has 33 heavy (non-hydrogen) atoms. The number of aromatic nitrogens is 3. The zero-order valence-electron chi connectivity index (χ0n) is 18.1. The molecular formula is C25H23ClN6O. The summed E-state index contributed by atoms with van der Waals surface area (Å²) in [6.07, 6.45) is 3.74. The lowest BCUT2D eigenvalue weighted by atomic mass is 10.0. The van der Waals surface area contributed by atoms with Crippen molar-refractivity contribution in [3.8, 4) is 0 Å². The van der Waals surface area contributed by atoms with Gasteiger partial charge in [0.1, 0.15) is 5.82 Å². The van der Waals surface area contributed by atoms with Crippen molar-refractivity contribution in [1.82, 2.24) is 20.3 Å². The van der Waals surface area contributed by atoms with Gasteiger partial charge in [-0.1, -0.05) is 24.2 Å². The molecular weight excluding hydrogens is 436 g/mol. The van der Waals surface area contributed by atoms with Crippen LogP contribution in [0.1, 0.15) is 38.4 Å². The minimum Gasteiger partial charge on any atom is -0.384 e. The van der Waals surface area contributed by atoms with Gasteiger partial charge in [0.2, 0.25) is 0 Å². The maximum Gasteiger partial charge on any atom is 0.250 e. The lowest BCUT2D eigenvalue weighted by molar-refractivity contribution is 0.100. The maximum absolute atomic E-state index is 12.0. The summed E-state index contributed by atoms with van der Waals surface area (Å²) in [5.41, 5.74) is 17.5. The van der Waals surface area contributed by atoms with Crippen molar-refractivity contribution in [3.63, 3.8) is 0 Å². The van der Waals surface area contributed by atoms with Crippen LogP contribution < -0.4 is 16.8 Å². The Morgan fingerprint density at radius 2 is 1.97 bits per heavy atom. The molecule has 0 saturated carbocycles. The third-order valence-electron chi connectivity index (χ3n) is 5.33. The van der Waals surface area contributed by atoms with Crippen molar-refractivity contribution in [3.05, 3.63) is 100 Å². The number of benzene rings is 1. The number of primary amides is 1. The summed E-state index contributed by atoms with van der Waals surface area (Å²) in [5, 5.41) is 4.58. The summed E-state index contributed by atoms with van der Waals surface area (Å²) in [4.78, 5) is 25.0. The third kappa shape index (κ3) is 5.10. The van der Waals surface area contributed by atoms with Crippen molar-refractivity contribution in [2.75, 3.05) is 5.73 Å². The predicted molar refractivity (Wildman–Crippen MR) is 132 cm³/mol. The van der Waals surface area contributed by atoms with E-state index in [4.69, 9.17) is 23.1 Å². The van der Waals surface area contributed by atoms with E-state index >= 15 is 0 Å². The Morgan fingerprint density at radius 1 is 1.15 bits per heavy atom. The van der Waals surface area contributed by atoms with E-state index in [1.54, 1.807) is 24.4 Å². The molecule has 7 nitrogen and oxygen atoms in total. The first-order valence-electron chi connectivity index (χ1n) is 10.3. The fourth-order valence-corrected chi connectivity index (χ4v) is 3.81. The normalized spacial score (nSPS) is 10.8. The molecule has 4 aromatic rings. The molecule has 0 fully saturated rings. The fourth-order valence-electron chi connectivity index (χ4n) is 3.65. The van der Waals surface area contributed by atoms with Crippen LogP contribution in [0.5, 0.6) is 0 Å². The third-order valence-corrected chi connectivity index (χ3v) is 5.54. The summed E-state index contributed by atoms with van der Waals surface area (Å²) < 4.78 is 0. The summed E-state index contributed by atoms with van der Waals surface area (Å²) in [5.74, 6) is -0.0384. The van der Waals surface area contributed by atoms with Crippen molar-refractivity contribution in [2.45, 2.75) is 19.9 Å². The van der Waals surface area contributed by atoms with Crippen molar-refractivity contribution in [1.29, 1.82) is 0 Å². The average molecular weight is 459 g/mol. The molecule has 4 rings (SSSR count). The number of carbonyl (C=O) groups is 1. The number of nitrogens with two attached hydrogens (primary N) is 2. The van der Waals surface area contributed by atoms with Gasteiger partial charge in [0, 0.05) is 53.4 Å². The Bertz CT molecular complexity index is 1380. The first-order chi connectivity index (χ1) is 15.8. The number of nitrogen functional groups attached to an aromatic ring is 1. The molecule has 3 aromatic heterocycles. The van der Waals surface area contributed by atoms with Crippen LogP contribution in [0.4, 0.5) is 5.82 Å². The Morgan fingerprint density at radius 3 is 2.73 bits per heavy atom. The van der Waals surface area contributed by atoms with Gasteiger partial charge < -0.3 is 16.8 Å². The topological polar surface area (TPSA) is 120 Å². The number of hydrogen-bond acceptors (Lipinski definition) is 6. The van der Waals surface area contributed by atoms with Crippen LogP contribution in [0, 0.1) is 6.92 Å². The molecule has 0 spiro atoms. The molecule has 0 radical (unpaired) electrons. The standard InChI is InChI=1S/C25H23ClN6O/c1-14(30-12-18-3-4-23(27)32-15(18)2)17-5-6-29-21(11-17)8-16-7-19-10-20(26)13-31-24(19)22(9-16)25(28)33/h3-7,9-11,13,30H,1,8,12H2,2H3,(H2,27,32)(H2,28,33). The van der Waals surface area contributed by atoms with Gasteiger partial charge >= 0.3 is 0 Å². The number of halogens is 1. The number of anilines is 1. The zero-order chi connectivity index (χ0) is 23.5. The lowest BCUT2D eigenvalue weighted by Gasteiger charge is -2.13. The minimum absolute atomic E-state index is 0.355. The molecule has 0 saturated heterocycles. The highest BCUT2D eigenvalue weighted by molar-refractivity contribution is 6.31. The van der Waals surface area contributed by atoms with Crippen LogP contribution in [0.15, 0.2) is 61.4 Å². The number of aryl methyl sites for hydroxylation is 1. The van der Waals surface area contributed by atoms with Gasteiger partial charge in [-0.3, -0.25) is 14.8 Å². The Labute approximate surface area is 196 Å². The molecule has 0 unspecified atom stereocenters. The van der Waals surface area contributed by atoms with Gasteiger partial charge in [0.15, 0.2) is 0 Å². The molecule has 0 aliphatic rings. The largest absolute Gasteiger partial charge is 0.384 e. The van der Waals surface area contributed by atoms with Crippen LogP contribution in [0.25, 0.3) is 16.6 Å². The lowest BCUT2D eigenvalue weighted by Crippen LogP contribution is -2.13. The Balaban J connectivity index is 1.55. The van der Waals surface area contributed by atoms with E-state index in [-0.39, 0.29) is 0 Å². The molecule has 1 amide bonds. The molecule has 8 heteroatoms. The number of fused-ring (bicyclic) bond motifs is 1. The number of nitrogens with zero attached hydrogens (tertiary/aromatic N) is 3. The first-order valence-corrected chi connectivity index (χ1v) is 10.7. The molecule has 0 bridgehead atoms. The van der Waals surface area contributed by atoms with Gasteiger partial charge in [-0.2, -0.15) is 0 Å². The van der Waals surface area contributed by atoms with Crippen LogP contribution in [-0.2, 0) is 13.0 Å². The average Bonchev–Trinajstić information content (AvgIpc) is 2.77. The van der Waals surface area contributed by atoms with Gasteiger partial charge in [-0.05, 0) is 54.4 Å². The van der Waals surface area contributed by atoms with Crippen LogP contribution in [-0.4, -0.2) is 20.9 Å². The SMILES string of the molecule is C=C(NCc1ccc(N)nc1C)c1ccnc(Cc2cc(C(N)=O)c3ncc(Cl)cc3c2)c1. The van der Waals surface area contributed by atoms with E-state index in [9.17, 15) is 4.79 Å². The fraction of sp³-hybridized carbons (Fsp3) is 0.120. The molecule has 0 atom stereocenters. The monoisotopic (exact) mass is 458 g/mol. The van der Waals surface area contributed by atoms with Gasteiger partial charge in [0.05, 0.1) is 16.1 Å². The highest BCUT2D eigenvalue weighted by Gasteiger charge is 2.12. The van der Waals surface area contributed by atoms with E-state index in [0.717, 1.165) is 39.2 Å². The number of rotatable bonds is 7.